The zero-order valence-corrected chi connectivity index (χ0v) is 32.6. The minimum Gasteiger partial charge on any atom is 0 e. The number of hydrogen-bond donors (Lipinski definition) is 0. The zero-order valence-electron chi connectivity index (χ0n) is 28.1. The van der Waals surface area contributed by atoms with Crippen molar-refractivity contribution in [2.45, 2.75) is 49.4 Å². The van der Waals surface area contributed by atoms with Crippen LogP contribution in [0.25, 0.3) is 55.6 Å². The van der Waals surface area contributed by atoms with Crippen LogP contribution in [0.3, 0.4) is 0 Å². The number of benzene rings is 4. The Kier molecular flexibility index (Phi) is 10.9. The van der Waals surface area contributed by atoms with Crippen LogP contribution in [-0.4, -0.2) is 23.2 Å². The predicted octanol–water partition coefficient (Wildman–Crippen LogP) is 11.1. The first-order valence-corrected chi connectivity index (χ1v) is 24.2. The van der Waals surface area contributed by atoms with Gasteiger partial charge in [-0.2, -0.15) is 0 Å². The normalized spacial score (nSPS) is 13.2. The maximum absolute atomic E-state index is 14.9. The van der Waals surface area contributed by atoms with Crippen molar-refractivity contribution in [1.29, 1.82) is 0 Å². The molecule has 49 heavy (non-hydrogen) atoms. The Morgan fingerprint density at radius 2 is 1.57 bits per heavy atom. The van der Waals surface area contributed by atoms with Crippen LogP contribution in [0.2, 0.25) is 17.3 Å². The second-order valence-electron chi connectivity index (χ2n) is 13.8. The molecule has 0 atom stereocenters. The number of aromatic nitrogens is 2. The van der Waals surface area contributed by atoms with E-state index in [4.69, 9.17) is 4.42 Å². The summed E-state index contributed by atoms with van der Waals surface area (Å²) < 4.78 is 22.3. The first-order chi connectivity index (χ1) is 23.3. The molecular formula is C43H39FGeIrN2O-2. The second kappa shape index (κ2) is 15.3. The van der Waals surface area contributed by atoms with E-state index in [-0.39, 0.29) is 31.5 Å². The van der Waals surface area contributed by atoms with E-state index in [2.05, 4.69) is 63.6 Å². The van der Waals surface area contributed by atoms with Crippen molar-refractivity contribution >= 4 is 39.6 Å². The van der Waals surface area contributed by atoms with Crippen LogP contribution in [0.15, 0.2) is 120 Å². The number of rotatable bonds is 6. The Balaban J connectivity index is 0.000000208. The molecule has 0 saturated heterocycles. The van der Waals surface area contributed by atoms with E-state index >= 15 is 0 Å². The molecule has 3 nitrogen and oxygen atoms in total. The number of furan rings is 1. The van der Waals surface area contributed by atoms with Crippen molar-refractivity contribution in [2.75, 3.05) is 0 Å². The fraction of sp³-hybridized carbons (Fsp3) is 0.209. The molecule has 0 amide bonds. The van der Waals surface area contributed by atoms with Crippen LogP contribution in [0, 0.1) is 23.9 Å². The number of hydrogen-bond acceptors (Lipinski definition) is 3. The molecule has 6 heteroatoms. The predicted molar refractivity (Wildman–Crippen MR) is 198 cm³/mol. The van der Waals surface area contributed by atoms with Crippen molar-refractivity contribution in [3.63, 3.8) is 0 Å². The van der Waals surface area contributed by atoms with Gasteiger partial charge in [0.05, 0.1) is 5.58 Å². The van der Waals surface area contributed by atoms with Crippen LogP contribution in [0.5, 0.6) is 0 Å². The zero-order chi connectivity index (χ0) is 33.1. The maximum atomic E-state index is 14.9. The summed E-state index contributed by atoms with van der Waals surface area (Å²) in [7, 11) is 0. The van der Waals surface area contributed by atoms with Crippen molar-refractivity contribution in [3.05, 3.63) is 139 Å². The van der Waals surface area contributed by atoms with Gasteiger partial charge in [-0.25, -0.2) is 4.39 Å². The largest absolute Gasteiger partial charge is 0 e. The summed E-state index contributed by atoms with van der Waals surface area (Å²) in [6.45, 7) is 0. The molecule has 1 aliphatic rings. The number of fused-ring (bicyclic) bond motifs is 3. The SMILES string of the molecule is Fc1cc(-c2ccccc2)cc2c1oc1cc(-c3cc(CC4CCCC4)ccn3)[c-]cc12.[CH3][Ge]([CH3])([CH3])[c]1ccc(-c2[c-]cccc2)nc1.[Ir]. The van der Waals surface area contributed by atoms with Gasteiger partial charge in [-0.05, 0) is 46.7 Å². The second-order valence-corrected chi connectivity index (χ2v) is 24.4. The topological polar surface area (TPSA) is 38.9 Å². The molecule has 0 spiro atoms. The Morgan fingerprint density at radius 3 is 2.29 bits per heavy atom. The standard InChI is InChI=1S/C29H23FNO.C14H16GeN.Ir/c30-26-17-23(21-8-2-1-3-9-21)16-25-24-11-10-22(18-28(24)32-29(25)26)27-15-20(12-13-31-27)14-19-6-4-5-7-19;1-15(2,3)13-9-10-14(16-11-13)12-7-5-4-6-8-12;/h1-3,8-9,11-13,15-19H,4-7,14H2;4-7,9-11H,1-3H3;/q2*-1;. The molecule has 1 saturated carbocycles. The third kappa shape index (κ3) is 8.12. The van der Waals surface area contributed by atoms with Crippen LogP contribution in [0.4, 0.5) is 4.39 Å². The quantitative estimate of drug-likeness (QED) is 0.123. The number of pyridine rings is 2. The monoisotopic (exact) mass is 885 g/mol. The summed E-state index contributed by atoms with van der Waals surface area (Å²) in [5.41, 5.74) is 7.90. The molecule has 0 unspecified atom stereocenters. The molecule has 1 radical (unpaired) electrons. The molecular weight excluding hydrogens is 844 g/mol. The van der Waals surface area contributed by atoms with Crippen LogP contribution >= 0.6 is 0 Å². The Labute approximate surface area is 304 Å². The minimum atomic E-state index is -1.72. The Bertz CT molecular complexity index is 2150. The maximum Gasteiger partial charge on any atom is 0 e. The van der Waals surface area contributed by atoms with Crippen molar-refractivity contribution in [3.8, 4) is 33.6 Å². The van der Waals surface area contributed by atoms with Gasteiger partial charge in [0.2, 0.25) is 0 Å². The van der Waals surface area contributed by atoms with Gasteiger partial charge in [0.1, 0.15) is 0 Å². The summed E-state index contributed by atoms with van der Waals surface area (Å²) in [6.07, 6.45) is 10.4. The molecule has 0 bridgehead atoms. The van der Waals surface area contributed by atoms with Gasteiger partial charge < -0.3 is 9.40 Å². The number of nitrogens with zero attached hydrogens (tertiary/aromatic N) is 2. The van der Waals surface area contributed by atoms with E-state index in [0.717, 1.165) is 56.8 Å². The molecule has 8 rings (SSSR count). The van der Waals surface area contributed by atoms with Gasteiger partial charge in [0, 0.05) is 26.3 Å². The molecule has 249 valence electrons. The fourth-order valence-electron chi connectivity index (χ4n) is 6.56. The van der Waals surface area contributed by atoms with Gasteiger partial charge in [-0.15, -0.1) is 17.7 Å². The Morgan fingerprint density at radius 1 is 0.776 bits per heavy atom. The number of halogens is 1. The van der Waals surface area contributed by atoms with Crippen LogP contribution < -0.4 is 4.40 Å². The molecule has 3 heterocycles. The first kappa shape index (κ1) is 34.9. The summed E-state index contributed by atoms with van der Waals surface area (Å²) >= 11 is -1.72. The minimum absolute atomic E-state index is 0. The first-order valence-electron chi connectivity index (χ1n) is 16.8. The average molecular weight is 884 g/mol. The van der Waals surface area contributed by atoms with Gasteiger partial charge >= 0.3 is 99.8 Å². The molecule has 0 N–H and O–H groups in total. The van der Waals surface area contributed by atoms with Gasteiger partial charge in [-0.3, -0.25) is 0 Å². The van der Waals surface area contributed by atoms with E-state index in [1.54, 1.807) is 6.07 Å². The summed E-state index contributed by atoms with van der Waals surface area (Å²) in [6, 6.07) is 40.3. The molecule has 1 aliphatic carbocycles. The van der Waals surface area contributed by atoms with E-state index < -0.39 is 13.3 Å². The summed E-state index contributed by atoms with van der Waals surface area (Å²) in [5, 5.41) is 1.63. The van der Waals surface area contributed by atoms with E-state index in [0.29, 0.717) is 5.58 Å². The fourth-order valence-corrected chi connectivity index (χ4v) is 8.74. The molecule has 7 aromatic rings. The third-order valence-electron chi connectivity index (χ3n) is 9.28. The molecule has 3 aromatic heterocycles. The summed E-state index contributed by atoms with van der Waals surface area (Å²) in [5.74, 6) is 7.58. The average Bonchev–Trinajstić information content (AvgIpc) is 3.77. The molecule has 1 fully saturated rings. The van der Waals surface area contributed by atoms with Crippen LogP contribution in [0.1, 0.15) is 31.2 Å². The van der Waals surface area contributed by atoms with E-state index in [9.17, 15) is 4.39 Å². The van der Waals surface area contributed by atoms with E-state index in [1.807, 2.05) is 85.2 Å². The summed E-state index contributed by atoms with van der Waals surface area (Å²) in [4.78, 5) is 9.10. The van der Waals surface area contributed by atoms with Gasteiger partial charge in [0.25, 0.3) is 0 Å². The van der Waals surface area contributed by atoms with Gasteiger partial charge in [-0.1, -0.05) is 85.2 Å². The smallest absolute Gasteiger partial charge is 0 e. The van der Waals surface area contributed by atoms with Crippen molar-refractivity contribution in [2.24, 2.45) is 5.92 Å². The molecule has 4 aromatic carbocycles. The van der Waals surface area contributed by atoms with Crippen molar-refractivity contribution in [1.82, 2.24) is 9.97 Å². The third-order valence-corrected chi connectivity index (χ3v) is 13.5. The van der Waals surface area contributed by atoms with Crippen molar-refractivity contribution < 1.29 is 28.9 Å². The molecule has 0 aliphatic heterocycles. The van der Waals surface area contributed by atoms with Crippen LogP contribution in [-0.2, 0) is 26.5 Å². The van der Waals surface area contributed by atoms with E-state index in [1.165, 1.54) is 35.6 Å². The Hall–Kier alpha value is -3.90. The van der Waals surface area contributed by atoms with Gasteiger partial charge in [0.15, 0.2) is 11.4 Å².